The molecule has 0 saturated carbocycles. The summed E-state index contributed by atoms with van der Waals surface area (Å²) in [6.07, 6.45) is 2.49. The van der Waals surface area contributed by atoms with Crippen LogP contribution in [0.2, 0.25) is 5.02 Å². The van der Waals surface area contributed by atoms with Gasteiger partial charge in [-0.05, 0) is 47.2 Å². The molecule has 0 radical (unpaired) electrons. The molecule has 0 saturated heterocycles. The third-order valence-corrected chi connectivity index (χ3v) is 4.45. The van der Waals surface area contributed by atoms with Gasteiger partial charge in [-0.1, -0.05) is 56.6 Å². The maximum atomic E-state index is 5.91. The first kappa shape index (κ1) is 19.1. The van der Waals surface area contributed by atoms with Gasteiger partial charge in [0, 0.05) is 17.3 Å². The molecule has 140 valence electrons. The highest BCUT2D eigenvalue weighted by atomic mass is 35.5. The number of hydrogen-bond acceptors (Lipinski definition) is 5. The van der Waals surface area contributed by atoms with Crippen molar-refractivity contribution < 1.29 is 0 Å². The molecule has 2 aromatic carbocycles. The summed E-state index contributed by atoms with van der Waals surface area (Å²) in [5.41, 5.74) is 3.56. The minimum absolute atomic E-state index is 0.129. The van der Waals surface area contributed by atoms with Crippen molar-refractivity contribution in [2.24, 2.45) is 0 Å². The lowest BCUT2D eigenvalue weighted by atomic mass is 9.87. The zero-order chi connectivity index (χ0) is 19.3. The Morgan fingerprint density at radius 1 is 0.963 bits per heavy atom. The Balaban J connectivity index is 1.57. The highest BCUT2D eigenvalue weighted by molar-refractivity contribution is 6.30. The number of anilines is 3. The van der Waals surface area contributed by atoms with E-state index in [4.69, 9.17) is 11.6 Å². The molecule has 0 aliphatic carbocycles. The molecule has 3 rings (SSSR count). The van der Waals surface area contributed by atoms with E-state index in [1.807, 2.05) is 36.4 Å². The number of rotatable bonds is 6. The fourth-order valence-corrected chi connectivity index (χ4v) is 2.74. The molecule has 0 amide bonds. The number of nitrogens with one attached hydrogen (secondary N) is 2. The Hall–Kier alpha value is -2.66. The number of halogens is 1. The quantitative estimate of drug-likeness (QED) is 0.612. The molecule has 2 N–H and O–H groups in total. The van der Waals surface area contributed by atoms with Crippen LogP contribution in [0.1, 0.15) is 31.9 Å². The first-order valence-corrected chi connectivity index (χ1v) is 9.33. The van der Waals surface area contributed by atoms with Gasteiger partial charge in [0.25, 0.3) is 0 Å². The second-order valence-electron chi connectivity index (χ2n) is 7.42. The highest BCUT2D eigenvalue weighted by Gasteiger charge is 2.13. The van der Waals surface area contributed by atoms with Crippen molar-refractivity contribution in [2.75, 3.05) is 17.2 Å². The first-order valence-electron chi connectivity index (χ1n) is 8.96. The first-order chi connectivity index (χ1) is 12.9. The lowest BCUT2D eigenvalue weighted by Crippen LogP contribution is -2.11. The van der Waals surface area contributed by atoms with Gasteiger partial charge in [0.15, 0.2) is 5.82 Å². The van der Waals surface area contributed by atoms with Gasteiger partial charge in [0.05, 0.1) is 6.20 Å². The molecule has 0 bridgehead atoms. The molecule has 1 heterocycles. The van der Waals surface area contributed by atoms with Gasteiger partial charge in [0.1, 0.15) is 0 Å². The second kappa shape index (κ2) is 8.35. The van der Waals surface area contributed by atoms with Crippen LogP contribution in [0.3, 0.4) is 0 Å². The zero-order valence-electron chi connectivity index (χ0n) is 15.8. The molecule has 0 aliphatic heterocycles. The van der Waals surface area contributed by atoms with E-state index >= 15 is 0 Å². The van der Waals surface area contributed by atoms with E-state index < -0.39 is 0 Å². The van der Waals surface area contributed by atoms with Gasteiger partial charge in [-0.2, -0.15) is 10.1 Å². The van der Waals surface area contributed by atoms with E-state index in [0.717, 1.165) is 23.7 Å². The van der Waals surface area contributed by atoms with Crippen LogP contribution in [-0.2, 0) is 11.8 Å². The molecule has 0 unspecified atom stereocenters. The van der Waals surface area contributed by atoms with E-state index in [9.17, 15) is 0 Å². The number of aromatic nitrogens is 3. The van der Waals surface area contributed by atoms with Gasteiger partial charge in [-0.3, -0.25) is 0 Å². The van der Waals surface area contributed by atoms with E-state index in [1.165, 1.54) is 11.1 Å². The molecule has 0 aliphatic rings. The number of benzene rings is 2. The summed E-state index contributed by atoms with van der Waals surface area (Å²) in [5.74, 6) is 1.16. The third-order valence-electron chi connectivity index (χ3n) is 4.20. The summed E-state index contributed by atoms with van der Waals surface area (Å²) in [5, 5.41) is 15.3. The molecule has 5 nitrogen and oxygen atoms in total. The van der Waals surface area contributed by atoms with Gasteiger partial charge in [0.2, 0.25) is 5.95 Å². The molecule has 0 atom stereocenters. The van der Waals surface area contributed by atoms with Crippen LogP contribution in [0.25, 0.3) is 0 Å². The predicted octanol–water partition coefficient (Wildman–Crippen LogP) is 5.22. The van der Waals surface area contributed by atoms with Crippen LogP contribution >= 0.6 is 11.6 Å². The van der Waals surface area contributed by atoms with Crippen LogP contribution in [0, 0.1) is 0 Å². The lowest BCUT2D eigenvalue weighted by Gasteiger charge is -2.19. The van der Waals surface area contributed by atoms with E-state index in [-0.39, 0.29) is 5.41 Å². The topological polar surface area (TPSA) is 62.7 Å². The smallest absolute Gasteiger partial charge is 0.249 e. The summed E-state index contributed by atoms with van der Waals surface area (Å²) in [7, 11) is 0. The van der Waals surface area contributed by atoms with Crippen LogP contribution in [0.5, 0.6) is 0 Å². The average molecular weight is 382 g/mol. The molecular weight excluding hydrogens is 358 g/mol. The Labute approximate surface area is 165 Å². The van der Waals surface area contributed by atoms with Crippen molar-refractivity contribution in [1.29, 1.82) is 0 Å². The number of hydrogen-bond donors (Lipinski definition) is 2. The Bertz CT molecular complexity index is 870. The zero-order valence-corrected chi connectivity index (χ0v) is 16.6. The molecule has 1 aromatic heterocycles. The Kier molecular flexibility index (Phi) is 5.91. The minimum Gasteiger partial charge on any atom is -0.368 e. The van der Waals surface area contributed by atoms with Crippen molar-refractivity contribution >= 4 is 29.1 Å². The van der Waals surface area contributed by atoms with Crippen LogP contribution in [0.15, 0.2) is 54.7 Å². The third kappa shape index (κ3) is 5.66. The van der Waals surface area contributed by atoms with E-state index in [0.29, 0.717) is 11.8 Å². The maximum Gasteiger partial charge on any atom is 0.249 e. The van der Waals surface area contributed by atoms with Crippen molar-refractivity contribution in [3.63, 3.8) is 0 Å². The SMILES string of the molecule is CC(C)(C)c1ccc(Nc2nncc(NCCc3ccc(Cl)cc3)n2)cc1. The largest absolute Gasteiger partial charge is 0.368 e. The predicted molar refractivity (Wildman–Crippen MR) is 112 cm³/mol. The molecule has 3 aromatic rings. The molecule has 0 spiro atoms. The summed E-state index contributed by atoms with van der Waals surface area (Å²) in [6, 6.07) is 16.1. The average Bonchev–Trinajstić information content (AvgIpc) is 2.63. The molecule has 27 heavy (non-hydrogen) atoms. The molecule has 6 heteroatoms. The normalized spacial score (nSPS) is 11.3. The minimum atomic E-state index is 0.129. The fourth-order valence-electron chi connectivity index (χ4n) is 2.61. The van der Waals surface area contributed by atoms with Gasteiger partial charge in [-0.15, -0.1) is 5.10 Å². The lowest BCUT2D eigenvalue weighted by molar-refractivity contribution is 0.590. The summed E-state index contributed by atoms with van der Waals surface area (Å²) < 4.78 is 0. The van der Waals surface area contributed by atoms with E-state index in [2.05, 4.69) is 58.7 Å². The maximum absolute atomic E-state index is 5.91. The van der Waals surface area contributed by atoms with Crippen LogP contribution in [0.4, 0.5) is 17.5 Å². The fraction of sp³-hybridized carbons (Fsp3) is 0.286. The molecular formula is C21H24ClN5. The Morgan fingerprint density at radius 3 is 2.33 bits per heavy atom. The van der Waals surface area contributed by atoms with Crippen molar-refractivity contribution in [2.45, 2.75) is 32.6 Å². The number of nitrogens with zero attached hydrogens (tertiary/aromatic N) is 3. The standard InChI is InChI=1S/C21H24ClN5/c1-21(2,3)16-6-10-18(11-7-16)25-20-26-19(14-24-27-20)23-13-12-15-4-8-17(22)9-5-15/h4-11,14H,12-13H2,1-3H3,(H2,23,25,26,27). The van der Waals surface area contributed by atoms with Gasteiger partial charge >= 0.3 is 0 Å². The molecule has 0 fully saturated rings. The monoisotopic (exact) mass is 381 g/mol. The van der Waals surface area contributed by atoms with Crippen molar-refractivity contribution in [3.8, 4) is 0 Å². The van der Waals surface area contributed by atoms with Crippen LogP contribution in [-0.4, -0.2) is 21.7 Å². The van der Waals surface area contributed by atoms with E-state index in [1.54, 1.807) is 6.20 Å². The van der Waals surface area contributed by atoms with Crippen LogP contribution < -0.4 is 10.6 Å². The van der Waals surface area contributed by atoms with Gasteiger partial charge < -0.3 is 10.6 Å². The Morgan fingerprint density at radius 2 is 1.67 bits per heavy atom. The van der Waals surface area contributed by atoms with Crippen molar-refractivity contribution in [1.82, 2.24) is 15.2 Å². The summed E-state index contributed by atoms with van der Waals surface area (Å²) in [4.78, 5) is 4.47. The highest BCUT2D eigenvalue weighted by Crippen LogP contribution is 2.24. The summed E-state index contributed by atoms with van der Waals surface area (Å²) in [6.45, 7) is 7.34. The summed E-state index contributed by atoms with van der Waals surface area (Å²) >= 11 is 5.91. The van der Waals surface area contributed by atoms with Crippen molar-refractivity contribution in [3.05, 3.63) is 70.9 Å². The van der Waals surface area contributed by atoms with Gasteiger partial charge in [-0.25, -0.2) is 0 Å². The second-order valence-corrected chi connectivity index (χ2v) is 7.86.